The third-order valence-corrected chi connectivity index (χ3v) is 12.4. The number of carbonyl (C=O) groups excluding carboxylic acids is 1. The molecule has 0 bridgehead atoms. The smallest absolute Gasteiger partial charge is 0.187 e. The van der Waals surface area contributed by atoms with Crippen molar-refractivity contribution in [3.63, 3.8) is 0 Å². The van der Waals surface area contributed by atoms with Crippen LogP contribution < -0.4 is 4.90 Å². The summed E-state index contributed by atoms with van der Waals surface area (Å²) >= 11 is 25.0. The van der Waals surface area contributed by atoms with Gasteiger partial charge < -0.3 is 19.8 Å². The van der Waals surface area contributed by atoms with E-state index in [1.807, 2.05) is 72.8 Å². The fourth-order valence-electron chi connectivity index (χ4n) is 6.76. The summed E-state index contributed by atoms with van der Waals surface area (Å²) in [5, 5.41) is 22.9. The lowest BCUT2D eigenvalue weighted by atomic mass is 10.00. The van der Waals surface area contributed by atoms with Crippen LogP contribution in [0.3, 0.4) is 0 Å². The number of anilines is 1. The average molecular weight is 1080 g/mol. The van der Waals surface area contributed by atoms with Crippen LogP contribution in [-0.2, 0) is 4.74 Å². The summed E-state index contributed by atoms with van der Waals surface area (Å²) in [4.78, 5) is 28.8. The highest BCUT2D eigenvalue weighted by Gasteiger charge is 2.31. The van der Waals surface area contributed by atoms with Crippen LogP contribution in [0, 0.1) is 26.3 Å². The molecule has 0 aliphatic carbocycles. The van der Waals surface area contributed by atoms with Gasteiger partial charge in [-0.2, -0.15) is 0 Å². The Balaban J connectivity index is 0.000000195. The number of ether oxygens (including phenoxy) is 1. The van der Waals surface area contributed by atoms with E-state index in [0.717, 1.165) is 48.6 Å². The van der Waals surface area contributed by atoms with Gasteiger partial charge in [0.1, 0.15) is 6.10 Å². The molecular weight excluding hydrogens is 1040 g/mol. The molecule has 4 atom stereocenters. The lowest BCUT2D eigenvalue weighted by Gasteiger charge is -2.44. The molecule has 0 radical (unpaired) electrons. The van der Waals surface area contributed by atoms with Gasteiger partial charge in [-0.05, 0) is 52.6 Å². The van der Waals surface area contributed by atoms with E-state index in [1.165, 1.54) is 5.56 Å². The predicted octanol–water partition coefficient (Wildman–Crippen LogP) is 14.6. The second kappa shape index (κ2) is 26.7. The van der Waals surface area contributed by atoms with Gasteiger partial charge in [-0.1, -0.05) is 176 Å². The minimum Gasteiger partial charge on any atom is -0.388 e. The first-order valence-electron chi connectivity index (χ1n) is 20.6. The van der Waals surface area contributed by atoms with Crippen molar-refractivity contribution in [2.45, 2.75) is 24.4 Å². The van der Waals surface area contributed by atoms with Gasteiger partial charge in [0.2, 0.25) is 0 Å². The Hall–Kier alpha value is -5.58. The maximum atomic E-state index is 11.1. The number of piperazine rings is 1. The van der Waals surface area contributed by atoms with Gasteiger partial charge in [0, 0.05) is 47.1 Å². The molecular formula is C52H43Br2Cl3N6O4. The number of epoxide rings is 1. The molecule has 8 rings (SSSR count). The van der Waals surface area contributed by atoms with Gasteiger partial charge in [-0.15, -0.1) is 0 Å². The molecule has 0 spiro atoms. The summed E-state index contributed by atoms with van der Waals surface area (Å²) in [6, 6.07) is 41.7. The van der Waals surface area contributed by atoms with Crippen molar-refractivity contribution in [2.24, 2.45) is 0 Å². The van der Waals surface area contributed by atoms with E-state index < -0.39 is 12.2 Å². The van der Waals surface area contributed by atoms with Crippen molar-refractivity contribution in [3.8, 4) is 0 Å². The van der Waals surface area contributed by atoms with Gasteiger partial charge in [0.25, 0.3) is 0 Å². The van der Waals surface area contributed by atoms with E-state index in [1.54, 1.807) is 66.7 Å². The Morgan fingerprint density at radius 3 is 1.57 bits per heavy atom. The summed E-state index contributed by atoms with van der Waals surface area (Å²) in [5.41, 5.74) is 7.93. The maximum Gasteiger partial charge on any atom is 0.187 e. The maximum absolute atomic E-state index is 11.1. The minimum atomic E-state index is -0.633. The summed E-state index contributed by atoms with van der Waals surface area (Å²) in [6.07, 6.45) is -0.814. The number of halogens is 5. The highest BCUT2D eigenvalue weighted by molar-refractivity contribution is 9.09. The number of Topliss-reactive ketones (excluding diaryl/α,β-unsaturated/α-hetero) is 1. The van der Waals surface area contributed by atoms with Crippen molar-refractivity contribution in [1.82, 2.24) is 4.90 Å². The number of aliphatic hydroxyl groups is 2. The van der Waals surface area contributed by atoms with Crippen LogP contribution in [0.4, 0.5) is 28.4 Å². The van der Waals surface area contributed by atoms with E-state index >= 15 is 0 Å². The van der Waals surface area contributed by atoms with Crippen molar-refractivity contribution < 1.29 is 19.7 Å². The highest BCUT2D eigenvalue weighted by atomic mass is 79.9. The number of hydrogen-bond acceptors (Lipinski definition) is 6. The number of benzene rings is 6. The van der Waals surface area contributed by atoms with Gasteiger partial charge in [0.15, 0.2) is 28.5 Å². The monoisotopic (exact) mass is 1080 g/mol. The molecule has 2 aliphatic heterocycles. The zero-order valence-electron chi connectivity index (χ0n) is 35.8. The Kier molecular flexibility index (Phi) is 20.9. The number of alkyl halides is 2. The first kappa shape index (κ1) is 52.4. The third-order valence-electron chi connectivity index (χ3n) is 10.5. The van der Waals surface area contributed by atoms with Gasteiger partial charge in [-0.25, -0.2) is 19.4 Å². The molecule has 2 N–H and O–H groups in total. The Bertz CT molecular complexity index is 2720. The van der Waals surface area contributed by atoms with Crippen LogP contribution in [0.1, 0.15) is 57.0 Å². The fourth-order valence-corrected chi connectivity index (χ4v) is 8.10. The molecule has 15 heteroatoms. The SMILES string of the molecule is [C-]#[N+]c1ccc(C(=O)CBr)cc1.[C-]#[N+]c1ccc([C@H](O)CBr)cc1.[C-]#[N+]c1ccc([C@H](O)CN2CCN(c3ccc(Cl)cc3Cl)[C@H](c3ccc(Cl)cc3)C2)cc1.[C-]#[N+]c1ccc([C@H]2CO2)cc1. The number of carbonyl (C=O) groups is 1. The second-order valence-corrected chi connectivity index (χ2v) is 17.4. The molecule has 2 saturated heterocycles. The molecule has 0 unspecified atom stereocenters. The standard InChI is InChI=1S/C25H22Cl3N3O.C9H8BrNO.C9H6BrNO.C9H7NO/c1-29-21-9-4-18(5-10-21)25(32)16-30-12-13-31(23-11-8-20(27)14-22(23)28)24(15-30)17-2-6-19(26)7-3-17;2*1-11-8-4-2-7(3-5-8)9(12)6-10;1-10-8-4-2-7(3-5-8)9-6-11-9/h2-11,14,24-25,32H,12-13,15-16H2;2-5,9,12H,6H2;2-5H,6H2;2-5,9H,6H2/t24-,25+;9-;;9-/m01.1/s1. The zero-order valence-corrected chi connectivity index (χ0v) is 41.3. The van der Waals surface area contributed by atoms with Crippen LogP contribution in [0.5, 0.6) is 0 Å². The number of ketones is 1. The van der Waals surface area contributed by atoms with Gasteiger partial charge in [-0.3, -0.25) is 9.69 Å². The van der Waals surface area contributed by atoms with Crippen molar-refractivity contribution >= 4 is 101 Å². The zero-order chi connectivity index (χ0) is 48.3. The molecule has 2 fully saturated rings. The molecule has 0 aromatic heterocycles. The second-order valence-electron chi connectivity index (χ2n) is 14.9. The first-order chi connectivity index (χ1) is 32.4. The molecule has 6 aromatic rings. The number of nitrogens with zero attached hydrogens (tertiary/aromatic N) is 6. The summed E-state index contributed by atoms with van der Waals surface area (Å²) < 4.78 is 5.09. The molecule has 340 valence electrons. The normalized spacial score (nSPS) is 15.7. The molecule has 67 heavy (non-hydrogen) atoms. The van der Waals surface area contributed by atoms with Crippen molar-refractivity contribution in [1.29, 1.82) is 0 Å². The van der Waals surface area contributed by atoms with Crippen LogP contribution >= 0.6 is 66.7 Å². The lowest BCUT2D eigenvalue weighted by molar-refractivity contribution is 0.100. The van der Waals surface area contributed by atoms with Gasteiger partial charge >= 0.3 is 0 Å². The number of β-amino-alcohol motifs (C(OH)–C–C–N with tert-alkyl or cyclic N) is 1. The van der Waals surface area contributed by atoms with Gasteiger partial charge in [0.05, 0.1) is 67.2 Å². The van der Waals surface area contributed by atoms with E-state index in [2.05, 4.69) is 61.0 Å². The van der Waals surface area contributed by atoms with E-state index in [9.17, 15) is 15.0 Å². The Morgan fingerprint density at radius 1 is 0.642 bits per heavy atom. The van der Waals surface area contributed by atoms with Crippen LogP contribution in [-0.4, -0.2) is 64.3 Å². The van der Waals surface area contributed by atoms with Crippen LogP contribution in [0.2, 0.25) is 15.1 Å². The van der Waals surface area contributed by atoms with Crippen LogP contribution in [0.25, 0.3) is 19.4 Å². The van der Waals surface area contributed by atoms with Crippen molar-refractivity contribution in [2.75, 3.05) is 48.3 Å². The largest absolute Gasteiger partial charge is 0.388 e. The Labute approximate surface area is 423 Å². The van der Waals surface area contributed by atoms with Crippen molar-refractivity contribution in [3.05, 3.63) is 228 Å². The molecule has 0 amide bonds. The average Bonchev–Trinajstić information content (AvgIpc) is 4.23. The van der Waals surface area contributed by atoms with E-state index in [4.69, 9.17) is 65.8 Å². The Morgan fingerprint density at radius 2 is 1.10 bits per heavy atom. The molecule has 0 saturated carbocycles. The van der Waals surface area contributed by atoms with E-state index in [-0.39, 0.29) is 11.8 Å². The summed E-state index contributed by atoms with van der Waals surface area (Å²) in [5.74, 6) is 0.0338. The highest BCUT2D eigenvalue weighted by Crippen LogP contribution is 2.37. The third kappa shape index (κ3) is 16.0. The number of aliphatic hydroxyl groups excluding tert-OH is 2. The first-order valence-corrected chi connectivity index (χ1v) is 24.0. The lowest BCUT2D eigenvalue weighted by Crippen LogP contribution is -2.49. The number of rotatable bonds is 10. The molecule has 10 nitrogen and oxygen atoms in total. The molecule has 2 aliphatic rings. The summed E-state index contributed by atoms with van der Waals surface area (Å²) in [6.45, 7) is 30.8. The number of hydrogen-bond donors (Lipinski definition) is 2. The predicted molar refractivity (Wildman–Crippen MR) is 276 cm³/mol. The van der Waals surface area contributed by atoms with Crippen LogP contribution in [0.15, 0.2) is 140 Å². The topological polar surface area (TPSA) is 94.0 Å². The molecule has 6 aromatic carbocycles. The quantitative estimate of drug-likeness (QED) is 0.0614. The van der Waals surface area contributed by atoms with E-state index in [0.29, 0.717) is 66.7 Å². The molecule has 2 heterocycles. The summed E-state index contributed by atoms with van der Waals surface area (Å²) in [7, 11) is 0. The minimum absolute atomic E-state index is 0.0338. The fraction of sp³-hybridized carbons (Fsp3) is 0.212.